The molecule has 3 aromatic rings. The number of anilines is 2. The summed E-state index contributed by atoms with van der Waals surface area (Å²) in [5, 5.41) is 10.3. The molecule has 1 fully saturated rings. The molecule has 4 heterocycles. The summed E-state index contributed by atoms with van der Waals surface area (Å²) in [5.41, 5.74) is 8.90. The number of H-pyrrole nitrogens is 1. The molecule has 0 amide bonds. The minimum absolute atomic E-state index is 0.217. The number of hydrogen-bond acceptors (Lipinski definition) is 7. The second kappa shape index (κ2) is 5.23. The number of hydrogen-bond donors (Lipinski definition) is 3. The topological polar surface area (TPSA) is 115 Å². The van der Waals surface area contributed by atoms with E-state index in [1.54, 1.807) is 12.4 Å². The van der Waals surface area contributed by atoms with Gasteiger partial charge in [0.25, 0.3) is 0 Å². The van der Waals surface area contributed by atoms with Gasteiger partial charge in [-0.2, -0.15) is 10.1 Å². The lowest BCUT2D eigenvalue weighted by Gasteiger charge is -2.13. The van der Waals surface area contributed by atoms with Gasteiger partial charge >= 0.3 is 0 Å². The Bertz CT molecular complexity index is 796. The zero-order chi connectivity index (χ0) is 14.9. The highest BCUT2D eigenvalue weighted by Gasteiger charge is 2.18. The molecular formula is C14H15N7O. The molecule has 4 rings (SSSR count). The molecule has 1 unspecified atom stereocenters. The van der Waals surface area contributed by atoms with Gasteiger partial charge in [0.15, 0.2) is 5.82 Å². The number of rotatable bonds is 3. The molecule has 0 aliphatic carbocycles. The van der Waals surface area contributed by atoms with Gasteiger partial charge in [-0.3, -0.25) is 5.10 Å². The zero-order valence-corrected chi connectivity index (χ0v) is 11.8. The van der Waals surface area contributed by atoms with Gasteiger partial charge in [-0.05, 0) is 18.6 Å². The first-order chi connectivity index (χ1) is 10.8. The highest BCUT2D eigenvalue weighted by Crippen LogP contribution is 2.25. The lowest BCUT2D eigenvalue weighted by atomic mass is 10.2. The van der Waals surface area contributed by atoms with Gasteiger partial charge < -0.3 is 15.8 Å². The van der Waals surface area contributed by atoms with E-state index in [-0.39, 0.29) is 12.0 Å². The summed E-state index contributed by atoms with van der Waals surface area (Å²) < 4.78 is 5.37. The number of pyridine rings is 1. The fraction of sp³-hybridized carbons (Fsp3) is 0.286. The fourth-order valence-electron chi connectivity index (χ4n) is 2.54. The van der Waals surface area contributed by atoms with E-state index >= 15 is 0 Å². The molecule has 4 N–H and O–H groups in total. The Morgan fingerprint density at radius 3 is 3.09 bits per heavy atom. The molecule has 0 bridgehead atoms. The van der Waals surface area contributed by atoms with Gasteiger partial charge in [0.2, 0.25) is 5.95 Å². The van der Waals surface area contributed by atoms with Crippen LogP contribution in [0.2, 0.25) is 0 Å². The molecule has 0 radical (unpaired) electrons. The maximum atomic E-state index is 5.82. The minimum atomic E-state index is 0.217. The molecule has 22 heavy (non-hydrogen) atoms. The molecular weight excluding hydrogens is 282 g/mol. The average molecular weight is 297 g/mol. The zero-order valence-electron chi connectivity index (χ0n) is 11.8. The van der Waals surface area contributed by atoms with Crippen LogP contribution in [0, 0.1) is 0 Å². The van der Waals surface area contributed by atoms with Crippen molar-refractivity contribution >= 4 is 22.8 Å². The van der Waals surface area contributed by atoms with Crippen molar-refractivity contribution in [2.75, 3.05) is 24.3 Å². The molecule has 1 aliphatic heterocycles. The molecule has 1 aliphatic rings. The van der Waals surface area contributed by atoms with E-state index in [0.29, 0.717) is 23.5 Å². The molecule has 1 saturated heterocycles. The predicted octanol–water partition coefficient (Wildman–Crippen LogP) is 1.20. The van der Waals surface area contributed by atoms with Crippen molar-refractivity contribution in [1.29, 1.82) is 0 Å². The first kappa shape index (κ1) is 13.0. The minimum Gasteiger partial charge on any atom is -0.379 e. The van der Waals surface area contributed by atoms with Crippen LogP contribution in [-0.2, 0) is 4.74 Å². The Hall–Kier alpha value is -2.74. The number of aromatic nitrogens is 5. The number of aromatic amines is 1. The largest absolute Gasteiger partial charge is 0.379 e. The Kier molecular flexibility index (Phi) is 3.08. The monoisotopic (exact) mass is 297 g/mol. The number of nitrogens with two attached hydrogens (primary N) is 1. The van der Waals surface area contributed by atoms with Gasteiger partial charge in [-0.1, -0.05) is 0 Å². The predicted molar refractivity (Wildman–Crippen MR) is 82.2 cm³/mol. The molecule has 1 atom stereocenters. The maximum Gasteiger partial charge on any atom is 0.222 e. The Balaban J connectivity index is 1.77. The normalized spacial score (nSPS) is 17.9. The summed E-state index contributed by atoms with van der Waals surface area (Å²) in [6, 6.07) is 4.01. The number of nitrogens with one attached hydrogen (secondary N) is 2. The first-order valence-corrected chi connectivity index (χ1v) is 7.07. The first-order valence-electron chi connectivity index (χ1n) is 7.07. The van der Waals surface area contributed by atoms with E-state index < -0.39 is 0 Å². The maximum absolute atomic E-state index is 5.82. The van der Waals surface area contributed by atoms with E-state index in [2.05, 4.69) is 30.5 Å². The van der Waals surface area contributed by atoms with Gasteiger partial charge in [0, 0.05) is 24.6 Å². The van der Waals surface area contributed by atoms with Gasteiger partial charge in [0.1, 0.15) is 5.52 Å². The summed E-state index contributed by atoms with van der Waals surface area (Å²) in [6.07, 6.45) is 4.46. The van der Waals surface area contributed by atoms with E-state index in [0.717, 1.165) is 24.3 Å². The summed E-state index contributed by atoms with van der Waals surface area (Å²) >= 11 is 0. The van der Waals surface area contributed by atoms with Gasteiger partial charge in [-0.25, -0.2) is 9.97 Å². The summed E-state index contributed by atoms with van der Waals surface area (Å²) in [6.45, 7) is 1.42. The van der Waals surface area contributed by atoms with E-state index in [1.807, 2.05) is 12.1 Å². The highest BCUT2D eigenvalue weighted by atomic mass is 16.5. The van der Waals surface area contributed by atoms with Crippen LogP contribution in [0.15, 0.2) is 24.5 Å². The Morgan fingerprint density at radius 2 is 2.32 bits per heavy atom. The molecule has 0 spiro atoms. The van der Waals surface area contributed by atoms with Crippen molar-refractivity contribution in [3.63, 3.8) is 0 Å². The van der Waals surface area contributed by atoms with Crippen LogP contribution in [0.4, 0.5) is 11.8 Å². The lowest BCUT2D eigenvalue weighted by molar-refractivity contribution is 0.195. The van der Waals surface area contributed by atoms with Crippen molar-refractivity contribution < 1.29 is 4.74 Å². The Labute approximate surface area is 126 Å². The van der Waals surface area contributed by atoms with Crippen LogP contribution in [0.3, 0.4) is 0 Å². The Morgan fingerprint density at radius 1 is 1.36 bits per heavy atom. The van der Waals surface area contributed by atoms with Crippen LogP contribution in [-0.4, -0.2) is 44.4 Å². The number of nitrogen functional groups attached to an aromatic ring is 1. The van der Waals surface area contributed by atoms with Crippen LogP contribution in [0.1, 0.15) is 6.42 Å². The fourth-order valence-corrected chi connectivity index (χ4v) is 2.54. The van der Waals surface area contributed by atoms with Crippen molar-refractivity contribution in [1.82, 2.24) is 25.1 Å². The summed E-state index contributed by atoms with van der Waals surface area (Å²) in [5.74, 6) is 0.862. The summed E-state index contributed by atoms with van der Waals surface area (Å²) in [7, 11) is 0. The average Bonchev–Trinajstić information content (AvgIpc) is 3.20. The van der Waals surface area contributed by atoms with Crippen LogP contribution in [0.25, 0.3) is 22.3 Å². The third kappa shape index (κ3) is 2.33. The van der Waals surface area contributed by atoms with Crippen molar-refractivity contribution in [3.05, 3.63) is 24.5 Å². The van der Waals surface area contributed by atoms with E-state index in [1.165, 1.54) is 0 Å². The molecule has 0 saturated carbocycles. The summed E-state index contributed by atoms with van der Waals surface area (Å²) in [4.78, 5) is 13.0. The van der Waals surface area contributed by atoms with Crippen molar-refractivity contribution in [3.8, 4) is 11.3 Å². The number of fused-ring (bicyclic) bond motifs is 1. The third-order valence-corrected chi connectivity index (χ3v) is 3.62. The van der Waals surface area contributed by atoms with E-state index in [9.17, 15) is 0 Å². The smallest absolute Gasteiger partial charge is 0.222 e. The van der Waals surface area contributed by atoms with Crippen molar-refractivity contribution in [2.45, 2.75) is 12.5 Å². The van der Waals surface area contributed by atoms with Crippen LogP contribution >= 0.6 is 0 Å². The molecule has 8 nitrogen and oxygen atoms in total. The van der Waals surface area contributed by atoms with Crippen LogP contribution < -0.4 is 11.1 Å². The number of ether oxygens (including phenoxy) is 1. The highest BCUT2D eigenvalue weighted by molar-refractivity contribution is 5.88. The van der Waals surface area contributed by atoms with Gasteiger partial charge in [-0.15, -0.1) is 0 Å². The van der Waals surface area contributed by atoms with Crippen molar-refractivity contribution in [2.24, 2.45) is 0 Å². The standard InChI is InChI=1S/C14H15N7O/c15-14-19-11-5-8(10-1-3-17-21-10)6-16-12(11)13(20-14)18-9-2-4-22-7-9/h1,3,5-6,9H,2,4,7H2,(H,17,21)(H3,15,18,19,20). The molecule has 3 aromatic heterocycles. The second-order valence-corrected chi connectivity index (χ2v) is 5.19. The van der Waals surface area contributed by atoms with E-state index in [4.69, 9.17) is 10.5 Å². The SMILES string of the molecule is Nc1nc(NC2CCOC2)c2ncc(-c3cc[nH]n3)cc2n1. The second-order valence-electron chi connectivity index (χ2n) is 5.19. The molecule has 0 aromatic carbocycles. The van der Waals surface area contributed by atoms with Crippen LogP contribution in [0.5, 0.6) is 0 Å². The molecule has 112 valence electrons. The number of nitrogens with zero attached hydrogens (tertiary/aromatic N) is 4. The van der Waals surface area contributed by atoms with Gasteiger partial charge in [0.05, 0.1) is 23.9 Å². The third-order valence-electron chi connectivity index (χ3n) is 3.62. The lowest BCUT2D eigenvalue weighted by Crippen LogP contribution is -2.20. The quantitative estimate of drug-likeness (QED) is 0.665. The molecule has 8 heteroatoms.